The highest BCUT2D eigenvalue weighted by atomic mass is 32.2. The third-order valence-electron chi connectivity index (χ3n) is 0.456. The zero-order valence-corrected chi connectivity index (χ0v) is 5.13. The van der Waals surface area contributed by atoms with Gasteiger partial charge in [-0.15, -0.1) is 0 Å². The lowest BCUT2D eigenvalue weighted by atomic mass is 10.8. The molecule has 0 heterocycles. The summed E-state index contributed by atoms with van der Waals surface area (Å²) >= 11 is 0.339. The Balaban J connectivity index is 3.59. The molecule has 0 atom stereocenters. The molecule has 0 aliphatic rings. The smallest absolute Gasteiger partial charge is 0.191 e. The van der Waals surface area contributed by atoms with Crippen molar-refractivity contribution in [2.45, 2.75) is 12.2 Å². The van der Waals surface area contributed by atoms with Crippen molar-refractivity contribution < 1.29 is 8.78 Å². The molecule has 0 fully saturated rings. The van der Waals surface area contributed by atoms with Crippen molar-refractivity contribution in [1.29, 1.82) is 5.26 Å². The number of thioether (sulfide) groups is 1. The van der Waals surface area contributed by atoms with E-state index in [1.807, 2.05) is 0 Å². The van der Waals surface area contributed by atoms with E-state index >= 15 is 0 Å². The molecule has 0 amide bonds. The van der Waals surface area contributed by atoms with Crippen LogP contribution in [0.5, 0.6) is 0 Å². The monoisotopic (exact) mass is 137 g/mol. The summed E-state index contributed by atoms with van der Waals surface area (Å²) in [6, 6.07) is 0.872. The first kappa shape index (κ1) is 7.70. The van der Waals surface area contributed by atoms with Gasteiger partial charge < -0.3 is 0 Å². The molecule has 0 aliphatic heterocycles. The molecule has 0 unspecified atom stereocenters. The van der Waals surface area contributed by atoms with Gasteiger partial charge in [-0.1, -0.05) is 18.7 Å². The van der Waals surface area contributed by atoms with E-state index < -0.39 is 5.25 Å². The minimum atomic E-state index is -3.19. The number of alkyl halides is 2. The van der Waals surface area contributed by atoms with Crippen molar-refractivity contribution in [2.75, 3.05) is 5.75 Å². The number of halogens is 2. The van der Waals surface area contributed by atoms with Crippen LogP contribution in [0.4, 0.5) is 8.78 Å². The Morgan fingerprint density at radius 3 is 2.38 bits per heavy atom. The summed E-state index contributed by atoms with van der Waals surface area (Å²) in [6.07, 6.45) is 0. The van der Waals surface area contributed by atoms with Crippen LogP contribution in [0, 0.1) is 11.3 Å². The van der Waals surface area contributed by atoms with Crippen LogP contribution in [0.25, 0.3) is 0 Å². The lowest BCUT2D eigenvalue weighted by Crippen LogP contribution is -2.05. The van der Waals surface area contributed by atoms with E-state index in [0.29, 0.717) is 11.8 Å². The van der Waals surface area contributed by atoms with E-state index in [4.69, 9.17) is 5.26 Å². The molecule has 0 aliphatic carbocycles. The number of hydrogen-bond donors (Lipinski definition) is 0. The molecule has 0 rings (SSSR count). The molecule has 8 heavy (non-hydrogen) atoms. The Morgan fingerprint density at radius 2 is 2.25 bits per heavy atom. The fourth-order valence-electron chi connectivity index (χ4n) is 0.214. The Labute approximate surface area is 50.7 Å². The second-order valence-electron chi connectivity index (χ2n) is 1.06. The normalized spacial score (nSPS) is 10.8. The quantitative estimate of drug-likeness (QED) is 0.580. The van der Waals surface area contributed by atoms with Gasteiger partial charge in [-0.05, 0) is 5.75 Å². The van der Waals surface area contributed by atoms with Gasteiger partial charge in [-0.3, -0.25) is 0 Å². The van der Waals surface area contributed by atoms with Crippen LogP contribution in [-0.2, 0) is 0 Å². The summed E-state index contributed by atoms with van der Waals surface area (Å²) in [5.41, 5.74) is 0. The first-order chi connectivity index (χ1) is 3.62. The van der Waals surface area contributed by atoms with Gasteiger partial charge in [0.1, 0.15) is 0 Å². The lowest BCUT2D eigenvalue weighted by Gasteiger charge is -2.01. The van der Waals surface area contributed by atoms with Crippen molar-refractivity contribution in [2.24, 2.45) is 0 Å². The number of nitrogens with zero attached hydrogens (tertiary/aromatic N) is 1. The van der Waals surface area contributed by atoms with Crippen molar-refractivity contribution in [1.82, 2.24) is 0 Å². The minimum Gasteiger partial charge on any atom is -0.191 e. The second-order valence-corrected chi connectivity index (χ2v) is 2.44. The number of nitriles is 1. The molecule has 0 N–H and O–H groups in total. The standard InChI is InChI=1S/C4H5F2NS/c1-2-8-4(5,6)3-7/h2H2,1H3. The van der Waals surface area contributed by atoms with Crippen LogP contribution < -0.4 is 0 Å². The van der Waals surface area contributed by atoms with Gasteiger partial charge in [0.05, 0.1) is 0 Å². The lowest BCUT2D eigenvalue weighted by molar-refractivity contribution is 0.171. The molecule has 0 saturated heterocycles. The van der Waals surface area contributed by atoms with E-state index in [-0.39, 0.29) is 5.75 Å². The fourth-order valence-corrected chi connectivity index (χ4v) is 0.641. The second kappa shape index (κ2) is 2.88. The van der Waals surface area contributed by atoms with Gasteiger partial charge in [0.25, 0.3) is 0 Å². The maximum atomic E-state index is 11.8. The molecule has 0 radical (unpaired) electrons. The summed E-state index contributed by atoms with van der Waals surface area (Å²) in [5, 5.41) is 4.52. The van der Waals surface area contributed by atoms with Crippen molar-refractivity contribution >= 4 is 11.8 Å². The highest BCUT2D eigenvalue weighted by Crippen LogP contribution is 2.26. The van der Waals surface area contributed by atoms with Crippen molar-refractivity contribution in [3.8, 4) is 6.07 Å². The van der Waals surface area contributed by atoms with Gasteiger partial charge >= 0.3 is 5.25 Å². The molecule has 0 aromatic rings. The van der Waals surface area contributed by atoms with Crippen LogP contribution in [-0.4, -0.2) is 11.0 Å². The molecule has 0 bridgehead atoms. The van der Waals surface area contributed by atoms with Crippen LogP contribution in [0.2, 0.25) is 0 Å². The van der Waals surface area contributed by atoms with Gasteiger partial charge in [-0.2, -0.15) is 14.0 Å². The first-order valence-electron chi connectivity index (χ1n) is 2.05. The fraction of sp³-hybridized carbons (Fsp3) is 0.750. The molecule has 1 nitrogen and oxygen atoms in total. The molecule has 0 aromatic carbocycles. The van der Waals surface area contributed by atoms with Gasteiger partial charge in [-0.25, -0.2) is 0 Å². The summed E-state index contributed by atoms with van der Waals surface area (Å²) in [7, 11) is 0. The average Bonchev–Trinajstić information content (AvgIpc) is 1.67. The molecule has 0 spiro atoms. The highest BCUT2D eigenvalue weighted by molar-refractivity contribution is 8.00. The summed E-state index contributed by atoms with van der Waals surface area (Å²) in [6.45, 7) is 1.58. The maximum absolute atomic E-state index is 11.8. The van der Waals surface area contributed by atoms with E-state index in [1.54, 1.807) is 6.92 Å². The Bertz CT molecular complexity index is 107. The molecule has 0 aromatic heterocycles. The van der Waals surface area contributed by atoms with E-state index in [1.165, 1.54) is 0 Å². The zero-order chi connectivity index (χ0) is 6.62. The SMILES string of the molecule is CCSC(F)(F)C#N. The molecule has 0 saturated carbocycles. The van der Waals surface area contributed by atoms with Crippen LogP contribution in [0.1, 0.15) is 6.92 Å². The first-order valence-corrected chi connectivity index (χ1v) is 3.04. The number of hydrogen-bond acceptors (Lipinski definition) is 2. The van der Waals surface area contributed by atoms with Crippen molar-refractivity contribution in [3.63, 3.8) is 0 Å². The third-order valence-corrected chi connectivity index (χ3v) is 1.20. The molecule has 4 heteroatoms. The number of rotatable bonds is 2. The van der Waals surface area contributed by atoms with Gasteiger partial charge in [0.2, 0.25) is 0 Å². The van der Waals surface area contributed by atoms with E-state index in [0.717, 1.165) is 6.07 Å². The zero-order valence-electron chi connectivity index (χ0n) is 4.32. The van der Waals surface area contributed by atoms with Crippen LogP contribution >= 0.6 is 11.8 Å². The Kier molecular flexibility index (Phi) is 2.77. The predicted molar refractivity (Wildman–Crippen MR) is 28.7 cm³/mol. The van der Waals surface area contributed by atoms with Gasteiger partial charge in [0.15, 0.2) is 6.07 Å². The summed E-state index contributed by atoms with van der Waals surface area (Å²) in [4.78, 5) is 0. The Hall–Kier alpha value is -0.300. The summed E-state index contributed by atoms with van der Waals surface area (Å²) < 4.78 is 23.5. The topological polar surface area (TPSA) is 23.8 Å². The highest BCUT2D eigenvalue weighted by Gasteiger charge is 2.27. The minimum absolute atomic E-state index is 0.264. The van der Waals surface area contributed by atoms with E-state index in [2.05, 4.69) is 0 Å². The van der Waals surface area contributed by atoms with Crippen LogP contribution in [0.15, 0.2) is 0 Å². The molecule has 46 valence electrons. The van der Waals surface area contributed by atoms with Crippen molar-refractivity contribution in [3.05, 3.63) is 0 Å². The maximum Gasteiger partial charge on any atom is 0.380 e. The largest absolute Gasteiger partial charge is 0.380 e. The Morgan fingerprint density at radius 1 is 1.75 bits per heavy atom. The van der Waals surface area contributed by atoms with E-state index in [9.17, 15) is 8.78 Å². The predicted octanol–water partition coefficient (Wildman–Crippen LogP) is 1.86. The van der Waals surface area contributed by atoms with Crippen LogP contribution in [0.3, 0.4) is 0 Å². The summed E-state index contributed by atoms with van der Waals surface area (Å²) in [5.74, 6) is 0.264. The average molecular weight is 137 g/mol. The molecular weight excluding hydrogens is 132 g/mol. The third kappa shape index (κ3) is 2.80. The molecular formula is C4H5F2NS. The van der Waals surface area contributed by atoms with Gasteiger partial charge in [0, 0.05) is 0 Å².